The highest BCUT2D eigenvalue weighted by Gasteiger charge is 2.45. The second kappa shape index (κ2) is 9.45. The molecule has 5 rings (SSSR count). The zero-order chi connectivity index (χ0) is 25.4. The lowest BCUT2D eigenvalue weighted by Crippen LogP contribution is -2.03. The molecule has 182 valence electrons. The minimum atomic E-state index is -0.818. The molecule has 0 spiro atoms. The van der Waals surface area contributed by atoms with Gasteiger partial charge in [-0.15, -0.1) is 0 Å². The van der Waals surface area contributed by atoms with Crippen LogP contribution in [-0.2, 0) is 11.4 Å². The lowest BCUT2D eigenvalue weighted by molar-refractivity contribution is -0.138. The highest BCUT2D eigenvalue weighted by atomic mass is 19.1. The van der Waals surface area contributed by atoms with Gasteiger partial charge < -0.3 is 9.84 Å². The van der Waals surface area contributed by atoms with Crippen LogP contribution in [0.25, 0.3) is 22.5 Å². The molecule has 2 aromatic heterocycles. The molecular weight excluding hydrogens is 459 g/mol. The first kappa shape index (κ1) is 23.5. The Kier molecular flexibility index (Phi) is 6.18. The Bertz CT molecular complexity index is 1420. The molecule has 2 atom stereocenters. The number of aryl methyl sites for hydroxylation is 3. The predicted molar refractivity (Wildman–Crippen MR) is 132 cm³/mol. The van der Waals surface area contributed by atoms with Crippen molar-refractivity contribution in [2.24, 2.45) is 5.92 Å². The molecule has 1 aliphatic rings. The van der Waals surface area contributed by atoms with Crippen LogP contribution in [0.2, 0.25) is 0 Å². The standard InChI is InChI=1S/C28H25FN4O3/c1-15-10-32-27(33-11-15)19-6-16(2)26(17(3)7-19)18-4-5-23(29)20(8-18)14-36-25-13-30-24(12-31-25)21-9-22(21)28(34)35/h4-8,10-13,21-22H,9,14H2,1-3H3,(H,34,35)/t21-,22-/m1/s1. The summed E-state index contributed by atoms with van der Waals surface area (Å²) in [6.45, 7) is 5.98. The molecular formula is C28H25FN4O3. The number of rotatable bonds is 7. The van der Waals surface area contributed by atoms with Gasteiger partial charge in [0.15, 0.2) is 5.82 Å². The van der Waals surface area contributed by atoms with Crippen LogP contribution < -0.4 is 4.74 Å². The molecule has 0 radical (unpaired) electrons. The summed E-state index contributed by atoms with van der Waals surface area (Å²) < 4.78 is 20.3. The summed E-state index contributed by atoms with van der Waals surface area (Å²) in [6, 6.07) is 9.07. The highest BCUT2D eigenvalue weighted by Crippen LogP contribution is 2.46. The van der Waals surface area contributed by atoms with Crippen LogP contribution in [0.1, 0.15) is 40.3 Å². The molecule has 2 aromatic carbocycles. The molecule has 0 saturated heterocycles. The number of hydrogen-bond acceptors (Lipinski definition) is 6. The smallest absolute Gasteiger partial charge is 0.307 e. The molecule has 4 aromatic rings. The van der Waals surface area contributed by atoms with Crippen LogP contribution in [-0.4, -0.2) is 31.0 Å². The van der Waals surface area contributed by atoms with Crippen LogP contribution in [0.5, 0.6) is 5.88 Å². The first-order chi connectivity index (χ1) is 17.3. The third-order valence-corrected chi connectivity index (χ3v) is 6.42. The van der Waals surface area contributed by atoms with Crippen LogP contribution in [0.15, 0.2) is 55.1 Å². The van der Waals surface area contributed by atoms with Crippen LogP contribution >= 0.6 is 0 Å². The third-order valence-electron chi connectivity index (χ3n) is 6.42. The first-order valence-electron chi connectivity index (χ1n) is 11.7. The van der Waals surface area contributed by atoms with Crippen molar-refractivity contribution in [3.63, 3.8) is 0 Å². The normalized spacial score (nSPS) is 16.6. The number of nitrogens with zero attached hydrogens (tertiary/aromatic N) is 4. The predicted octanol–water partition coefficient (Wildman–Crippen LogP) is 5.43. The number of carboxylic acid groups (broad SMARTS) is 1. The van der Waals surface area contributed by atoms with E-state index in [4.69, 9.17) is 9.84 Å². The topological polar surface area (TPSA) is 98.1 Å². The lowest BCUT2D eigenvalue weighted by Gasteiger charge is -2.14. The third kappa shape index (κ3) is 4.79. The van der Waals surface area contributed by atoms with E-state index in [-0.39, 0.29) is 24.2 Å². The van der Waals surface area contributed by atoms with E-state index in [1.165, 1.54) is 18.5 Å². The zero-order valence-electron chi connectivity index (χ0n) is 20.2. The summed E-state index contributed by atoms with van der Waals surface area (Å²) in [7, 11) is 0. The number of hydrogen-bond donors (Lipinski definition) is 1. The maximum absolute atomic E-state index is 14.6. The lowest BCUT2D eigenvalue weighted by atomic mass is 9.92. The minimum absolute atomic E-state index is 0.0116. The van der Waals surface area contributed by atoms with E-state index in [0.717, 1.165) is 33.4 Å². The summed E-state index contributed by atoms with van der Waals surface area (Å²) in [6.07, 6.45) is 7.14. The fraction of sp³-hybridized carbons (Fsp3) is 0.250. The number of carboxylic acids is 1. The minimum Gasteiger partial charge on any atom is -0.481 e. The van der Waals surface area contributed by atoms with E-state index in [1.54, 1.807) is 24.5 Å². The van der Waals surface area contributed by atoms with Gasteiger partial charge in [0, 0.05) is 29.4 Å². The first-order valence-corrected chi connectivity index (χ1v) is 11.7. The van der Waals surface area contributed by atoms with Crippen LogP contribution in [0.4, 0.5) is 4.39 Å². The summed E-state index contributed by atoms with van der Waals surface area (Å²) in [4.78, 5) is 28.4. The zero-order valence-corrected chi connectivity index (χ0v) is 20.2. The van der Waals surface area contributed by atoms with Crippen molar-refractivity contribution in [1.29, 1.82) is 0 Å². The van der Waals surface area contributed by atoms with Gasteiger partial charge in [0.05, 0.1) is 24.0 Å². The van der Waals surface area contributed by atoms with Gasteiger partial charge in [0.1, 0.15) is 12.4 Å². The van der Waals surface area contributed by atoms with Gasteiger partial charge in [-0.05, 0) is 79.3 Å². The molecule has 1 saturated carbocycles. The quantitative estimate of drug-likeness (QED) is 0.373. The van der Waals surface area contributed by atoms with Crippen molar-refractivity contribution in [3.05, 3.63) is 88.9 Å². The van der Waals surface area contributed by atoms with E-state index >= 15 is 0 Å². The van der Waals surface area contributed by atoms with Crippen molar-refractivity contribution < 1.29 is 19.0 Å². The molecule has 2 heterocycles. The Labute approximate surface area is 208 Å². The Hall–Kier alpha value is -4.20. The highest BCUT2D eigenvalue weighted by molar-refractivity contribution is 5.76. The summed E-state index contributed by atoms with van der Waals surface area (Å²) in [5.74, 6) is -0.765. The molecule has 36 heavy (non-hydrogen) atoms. The molecule has 1 N–H and O–H groups in total. The largest absolute Gasteiger partial charge is 0.481 e. The molecule has 7 nitrogen and oxygen atoms in total. The number of aromatic nitrogens is 4. The van der Waals surface area contributed by atoms with Crippen LogP contribution in [0.3, 0.4) is 0 Å². The SMILES string of the molecule is Cc1cnc(-c2cc(C)c(-c3ccc(F)c(COc4cnc([C@@H]5C[C@H]5C(=O)O)cn4)c3)c(C)c2)nc1. The monoisotopic (exact) mass is 484 g/mol. The molecule has 1 aliphatic carbocycles. The van der Waals surface area contributed by atoms with Crippen molar-refractivity contribution >= 4 is 5.97 Å². The fourth-order valence-electron chi connectivity index (χ4n) is 4.47. The van der Waals surface area contributed by atoms with Crippen molar-refractivity contribution in [1.82, 2.24) is 19.9 Å². The van der Waals surface area contributed by atoms with E-state index in [1.807, 2.05) is 32.9 Å². The van der Waals surface area contributed by atoms with Crippen molar-refractivity contribution in [3.8, 4) is 28.4 Å². The Morgan fingerprint density at radius 3 is 2.31 bits per heavy atom. The maximum Gasteiger partial charge on any atom is 0.307 e. The van der Waals surface area contributed by atoms with Gasteiger partial charge in [-0.2, -0.15) is 0 Å². The van der Waals surface area contributed by atoms with Gasteiger partial charge in [-0.25, -0.2) is 19.3 Å². The van der Waals surface area contributed by atoms with Gasteiger partial charge in [-0.3, -0.25) is 9.78 Å². The van der Waals surface area contributed by atoms with E-state index in [0.29, 0.717) is 23.5 Å². The number of carbonyl (C=O) groups is 1. The number of aliphatic carboxylic acids is 1. The second-order valence-corrected chi connectivity index (χ2v) is 9.23. The Balaban J connectivity index is 1.34. The van der Waals surface area contributed by atoms with E-state index in [9.17, 15) is 9.18 Å². The number of ether oxygens (including phenoxy) is 1. The Morgan fingerprint density at radius 1 is 0.972 bits per heavy atom. The summed E-state index contributed by atoms with van der Waals surface area (Å²) >= 11 is 0. The van der Waals surface area contributed by atoms with Gasteiger partial charge >= 0.3 is 5.97 Å². The van der Waals surface area contributed by atoms with Crippen LogP contribution in [0, 0.1) is 32.5 Å². The fourth-order valence-corrected chi connectivity index (χ4v) is 4.47. The van der Waals surface area contributed by atoms with Gasteiger partial charge in [0.2, 0.25) is 5.88 Å². The van der Waals surface area contributed by atoms with Crippen molar-refractivity contribution in [2.75, 3.05) is 0 Å². The molecule has 0 aliphatic heterocycles. The van der Waals surface area contributed by atoms with E-state index in [2.05, 4.69) is 19.9 Å². The average Bonchev–Trinajstić information content (AvgIpc) is 3.66. The molecule has 8 heteroatoms. The van der Waals surface area contributed by atoms with Gasteiger partial charge in [-0.1, -0.05) is 6.07 Å². The van der Waals surface area contributed by atoms with Crippen molar-refractivity contribution in [2.45, 2.75) is 39.7 Å². The number of halogens is 1. The van der Waals surface area contributed by atoms with Gasteiger partial charge in [0.25, 0.3) is 0 Å². The molecule has 0 bridgehead atoms. The molecule has 0 amide bonds. The van der Waals surface area contributed by atoms with E-state index < -0.39 is 11.9 Å². The Morgan fingerprint density at radius 2 is 1.69 bits per heavy atom. The second-order valence-electron chi connectivity index (χ2n) is 9.23. The molecule has 1 fully saturated rings. The summed E-state index contributed by atoms with van der Waals surface area (Å²) in [5.41, 5.74) is 6.95. The number of benzene rings is 2. The average molecular weight is 485 g/mol. The molecule has 0 unspecified atom stereocenters. The summed E-state index contributed by atoms with van der Waals surface area (Å²) in [5, 5.41) is 9.08. The maximum atomic E-state index is 14.6.